The van der Waals surface area contributed by atoms with Crippen molar-refractivity contribution in [3.05, 3.63) is 30.3 Å². The summed E-state index contributed by atoms with van der Waals surface area (Å²) in [7, 11) is -1.06. The first-order chi connectivity index (χ1) is 12.8. The lowest BCUT2D eigenvalue weighted by Crippen LogP contribution is -2.63. The van der Waals surface area contributed by atoms with E-state index in [1.165, 1.54) is 0 Å². The van der Waals surface area contributed by atoms with Crippen molar-refractivity contribution in [3.63, 3.8) is 0 Å². The van der Waals surface area contributed by atoms with Crippen LogP contribution < -0.4 is 10.6 Å². The van der Waals surface area contributed by atoms with Crippen molar-refractivity contribution in [3.8, 4) is 0 Å². The maximum atomic E-state index is 12.2. The second-order valence-corrected chi connectivity index (χ2v) is 8.92. The molecule has 0 aromatic heterocycles. The number of nitrogens with one attached hydrogen (secondary N) is 2. The molecule has 2 N–H and O–H groups in total. The van der Waals surface area contributed by atoms with E-state index in [1.54, 1.807) is 4.90 Å². The zero-order valence-corrected chi connectivity index (χ0v) is 17.3. The first kappa shape index (κ1) is 21.2. The molecule has 0 bridgehead atoms. The summed E-state index contributed by atoms with van der Waals surface area (Å²) in [5.41, 5.74) is -0.486. The van der Waals surface area contributed by atoms with Crippen molar-refractivity contribution in [2.45, 2.75) is 44.2 Å². The van der Waals surface area contributed by atoms with Crippen LogP contribution in [0.3, 0.4) is 0 Å². The molecule has 2 rings (SSSR count). The molecule has 1 aromatic rings. The van der Waals surface area contributed by atoms with Crippen LogP contribution in [-0.4, -0.2) is 64.7 Å². The van der Waals surface area contributed by atoms with Gasteiger partial charge in [-0.05, 0) is 39.8 Å². The van der Waals surface area contributed by atoms with E-state index < -0.39 is 16.4 Å². The Labute approximate surface area is 164 Å². The summed E-state index contributed by atoms with van der Waals surface area (Å²) in [5.74, 6) is 1.14. The fraction of sp³-hybridized carbons (Fsp3) is 0.579. The van der Waals surface area contributed by atoms with Gasteiger partial charge in [0.1, 0.15) is 5.60 Å². The number of likely N-dealkylation sites (tertiary alicyclic amines) is 1. The fourth-order valence-electron chi connectivity index (χ4n) is 2.49. The first-order valence-electron chi connectivity index (χ1n) is 9.24. The normalized spacial score (nSPS) is 16.4. The van der Waals surface area contributed by atoms with Crippen molar-refractivity contribution >= 4 is 22.9 Å². The summed E-state index contributed by atoms with van der Waals surface area (Å²) < 4.78 is 17.6. The van der Waals surface area contributed by atoms with Gasteiger partial charge in [0, 0.05) is 30.3 Å². The number of nitrogens with zero attached hydrogens (tertiary/aromatic N) is 2. The maximum absolute atomic E-state index is 12.2. The first-order valence-corrected chi connectivity index (χ1v) is 10.6. The van der Waals surface area contributed by atoms with Crippen LogP contribution in [-0.2, 0) is 15.5 Å². The third kappa shape index (κ3) is 7.21. The fourth-order valence-corrected chi connectivity index (χ4v) is 3.44. The minimum atomic E-state index is -1.06. The number of amides is 1. The lowest BCUT2D eigenvalue weighted by molar-refractivity contribution is 0.00701. The second-order valence-electron chi connectivity index (χ2n) is 7.35. The quantitative estimate of drug-likeness (QED) is 0.569. The van der Waals surface area contributed by atoms with E-state index in [0.717, 1.165) is 11.4 Å². The van der Waals surface area contributed by atoms with Crippen LogP contribution >= 0.6 is 0 Å². The molecule has 1 unspecified atom stereocenters. The molecule has 7 nitrogen and oxygen atoms in total. The molecule has 0 saturated carbocycles. The summed E-state index contributed by atoms with van der Waals surface area (Å²) in [4.78, 5) is 19.0. The highest BCUT2D eigenvalue weighted by Crippen LogP contribution is 2.15. The standard InChI is InChI=1S/C19H30N4O3S/c1-5-20-17(21-11-12-27(25)16-9-7-6-8-10-16)22-15-13-23(14-15)18(24)26-19(2,3)4/h6-10,15H,5,11-14H2,1-4H3,(H2,20,21,22). The van der Waals surface area contributed by atoms with E-state index in [0.29, 0.717) is 31.3 Å². The molecule has 1 aliphatic rings. The summed E-state index contributed by atoms with van der Waals surface area (Å²) >= 11 is 0. The Kier molecular flexibility index (Phi) is 7.65. The van der Waals surface area contributed by atoms with Crippen LogP contribution in [0.2, 0.25) is 0 Å². The van der Waals surface area contributed by atoms with Gasteiger partial charge in [0.15, 0.2) is 5.96 Å². The van der Waals surface area contributed by atoms with Gasteiger partial charge in [-0.25, -0.2) is 4.79 Å². The van der Waals surface area contributed by atoms with Crippen molar-refractivity contribution < 1.29 is 13.7 Å². The number of hydrogen-bond donors (Lipinski definition) is 2. The maximum Gasteiger partial charge on any atom is 0.410 e. The third-order valence-electron chi connectivity index (χ3n) is 3.77. The Morgan fingerprint density at radius 3 is 2.56 bits per heavy atom. The number of rotatable bonds is 6. The predicted molar refractivity (Wildman–Crippen MR) is 108 cm³/mol. The topological polar surface area (TPSA) is 83.0 Å². The minimum absolute atomic E-state index is 0.134. The lowest BCUT2D eigenvalue weighted by Gasteiger charge is -2.40. The molecule has 1 aliphatic heterocycles. The summed E-state index contributed by atoms with van der Waals surface area (Å²) in [6.07, 6.45) is -0.291. The van der Waals surface area contributed by atoms with Crippen LogP contribution in [0.25, 0.3) is 0 Å². The molecule has 1 fully saturated rings. The number of guanidine groups is 1. The van der Waals surface area contributed by atoms with Gasteiger partial charge in [0.2, 0.25) is 0 Å². The van der Waals surface area contributed by atoms with Gasteiger partial charge >= 0.3 is 6.09 Å². The van der Waals surface area contributed by atoms with Gasteiger partial charge in [-0.1, -0.05) is 18.2 Å². The number of benzene rings is 1. The molecule has 0 radical (unpaired) electrons. The van der Waals surface area contributed by atoms with Crippen LogP contribution in [0.5, 0.6) is 0 Å². The van der Waals surface area contributed by atoms with E-state index in [1.807, 2.05) is 58.0 Å². The SMILES string of the molecule is CCNC(=NCCS(=O)c1ccccc1)NC1CN(C(=O)OC(C)(C)C)C1. The summed E-state index contributed by atoms with van der Waals surface area (Å²) in [5, 5.41) is 6.49. The van der Waals surface area contributed by atoms with E-state index >= 15 is 0 Å². The van der Waals surface area contributed by atoms with E-state index in [9.17, 15) is 9.00 Å². The van der Waals surface area contributed by atoms with Gasteiger partial charge in [0.25, 0.3) is 0 Å². The van der Waals surface area contributed by atoms with Crippen molar-refractivity contribution in [2.24, 2.45) is 4.99 Å². The number of carbonyl (C=O) groups excluding carboxylic acids is 1. The highest BCUT2D eigenvalue weighted by molar-refractivity contribution is 7.85. The van der Waals surface area contributed by atoms with E-state index in [-0.39, 0.29) is 12.1 Å². The summed E-state index contributed by atoms with van der Waals surface area (Å²) in [6, 6.07) is 9.54. The van der Waals surface area contributed by atoms with Crippen molar-refractivity contribution in [2.75, 3.05) is 31.9 Å². The van der Waals surface area contributed by atoms with Gasteiger partial charge in [-0.15, -0.1) is 0 Å². The largest absolute Gasteiger partial charge is 0.444 e. The average Bonchev–Trinajstić information content (AvgIpc) is 2.56. The molecular formula is C19H30N4O3S. The summed E-state index contributed by atoms with van der Waals surface area (Å²) in [6.45, 7) is 9.91. The molecule has 1 atom stereocenters. The van der Waals surface area contributed by atoms with Gasteiger partial charge in [0.05, 0.1) is 23.4 Å². The molecule has 0 spiro atoms. The Bertz CT molecular complexity index is 667. The van der Waals surface area contributed by atoms with Gasteiger partial charge < -0.3 is 20.3 Å². The zero-order valence-electron chi connectivity index (χ0n) is 16.5. The predicted octanol–water partition coefficient (Wildman–Crippen LogP) is 1.97. The highest BCUT2D eigenvalue weighted by atomic mass is 32.2. The minimum Gasteiger partial charge on any atom is -0.444 e. The molecule has 150 valence electrons. The smallest absolute Gasteiger partial charge is 0.410 e. The van der Waals surface area contributed by atoms with Crippen LogP contribution in [0.15, 0.2) is 40.2 Å². The average molecular weight is 395 g/mol. The Morgan fingerprint density at radius 2 is 1.96 bits per heavy atom. The molecule has 1 saturated heterocycles. The van der Waals surface area contributed by atoms with Crippen LogP contribution in [0.1, 0.15) is 27.7 Å². The molecule has 8 heteroatoms. The Hall–Kier alpha value is -2.09. The van der Waals surface area contributed by atoms with E-state index in [2.05, 4.69) is 15.6 Å². The molecule has 1 aromatic carbocycles. The van der Waals surface area contributed by atoms with Crippen molar-refractivity contribution in [1.82, 2.24) is 15.5 Å². The van der Waals surface area contributed by atoms with Crippen LogP contribution in [0, 0.1) is 0 Å². The molecular weight excluding hydrogens is 364 g/mol. The molecule has 27 heavy (non-hydrogen) atoms. The highest BCUT2D eigenvalue weighted by Gasteiger charge is 2.34. The molecule has 1 amide bonds. The van der Waals surface area contributed by atoms with Crippen LogP contribution in [0.4, 0.5) is 4.79 Å². The number of carbonyl (C=O) groups is 1. The Morgan fingerprint density at radius 1 is 1.30 bits per heavy atom. The number of hydrogen-bond acceptors (Lipinski definition) is 4. The monoisotopic (exact) mass is 394 g/mol. The van der Waals surface area contributed by atoms with Crippen molar-refractivity contribution in [1.29, 1.82) is 0 Å². The third-order valence-corrected chi connectivity index (χ3v) is 5.12. The molecule has 1 heterocycles. The number of aliphatic imine (C=N–C) groups is 1. The Balaban J connectivity index is 1.78. The van der Waals surface area contributed by atoms with Gasteiger partial charge in [-0.3, -0.25) is 9.20 Å². The molecule has 0 aliphatic carbocycles. The zero-order chi connectivity index (χ0) is 19.9. The van der Waals surface area contributed by atoms with Gasteiger partial charge in [-0.2, -0.15) is 0 Å². The second kappa shape index (κ2) is 9.73. The van der Waals surface area contributed by atoms with E-state index in [4.69, 9.17) is 4.74 Å². The number of ether oxygens (including phenoxy) is 1. The lowest BCUT2D eigenvalue weighted by atomic mass is 10.1.